The molecule has 0 saturated carbocycles. The predicted molar refractivity (Wildman–Crippen MR) is 113 cm³/mol. The Labute approximate surface area is 178 Å². The van der Waals surface area contributed by atoms with E-state index in [1.54, 1.807) is 16.8 Å². The molecule has 0 aliphatic carbocycles. The molecule has 0 fully saturated rings. The van der Waals surface area contributed by atoms with Crippen LogP contribution < -0.4 is 10.5 Å². The highest BCUT2D eigenvalue weighted by Crippen LogP contribution is 2.47. The average Bonchev–Trinajstić information content (AvgIpc) is 3.06. The molecule has 146 valence electrons. The molecule has 0 bridgehead atoms. The molecule has 1 aliphatic heterocycles. The van der Waals surface area contributed by atoms with Crippen molar-refractivity contribution in [3.8, 4) is 17.6 Å². The van der Waals surface area contributed by atoms with Gasteiger partial charge in [0.25, 0.3) is 0 Å². The van der Waals surface area contributed by atoms with Crippen LogP contribution >= 0.6 is 23.2 Å². The molecule has 2 N–H and O–H groups in total. The predicted octanol–water partition coefficient (Wildman–Crippen LogP) is 5.35. The summed E-state index contributed by atoms with van der Waals surface area (Å²) in [5.74, 6) is 0.0795. The number of nitrogens with zero attached hydrogens (tertiary/aromatic N) is 3. The third-order valence-corrected chi connectivity index (χ3v) is 5.45. The molecule has 2 aromatic carbocycles. The normalized spacial score (nSPS) is 15.6. The number of ether oxygens (including phenoxy) is 1. The van der Waals surface area contributed by atoms with Gasteiger partial charge in [0.1, 0.15) is 11.6 Å². The van der Waals surface area contributed by atoms with Gasteiger partial charge < -0.3 is 10.5 Å². The highest BCUT2D eigenvalue weighted by atomic mass is 35.5. The maximum atomic E-state index is 9.84. The van der Waals surface area contributed by atoms with Crippen molar-refractivity contribution < 1.29 is 4.74 Å². The molecule has 1 atom stereocenters. The van der Waals surface area contributed by atoms with E-state index < -0.39 is 5.92 Å². The fourth-order valence-corrected chi connectivity index (χ4v) is 4.14. The third kappa shape index (κ3) is 3.35. The van der Waals surface area contributed by atoms with Crippen molar-refractivity contribution in [3.63, 3.8) is 0 Å². The molecule has 2 heterocycles. The number of rotatable bonds is 4. The third-order valence-electron chi connectivity index (χ3n) is 4.89. The van der Waals surface area contributed by atoms with Crippen molar-refractivity contribution in [1.29, 1.82) is 5.26 Å². The summed E-state index contributed by atoms with van der Waals surface area (Å²) in [6.07, 6.45) is 1.62. The first-order chi connectivity index (χ1) is 14.0. The van der Waals surface area contributed by atoms with Crippen molar-refractivity contribution in [1.82, 2.24) is 9.78 Å². The van der Waals surface area contributed by atoms with E-state index in [0.29, 0.717) is 21.5 Å². The van der Waals surface area contributed by atoms with Crippen LogP contribution in [0.2, 0.25) is 10.0 Å². The first kappa shape index (κ1) is 19.4. The van der Waals surface area contributed by atoms with Crippen LogP contribution in [0.25, 0.3) is 5.69 Å². The zero-order chi connectivity index (χ0) is 20.5. The summed E-state index contributed by atoms with van der Waals surface area (Å²) in [7, 11) is 0. The van der Waals surface area contributed by atoms with Gasteiger partial charge in [-0.05, 0) is 36.2 Å². The second-order valence-electron chi connectivity index (χ2n) is 6.75. The van der Waals surface area contributed by atoms with E-state index in [9.17, 15) is 5.26 Å². The van der Waals surface area contributed by atoms with Gasteiger partial charge in [-0.1, -0.05) is 60.8 Å². The SMILES string of the molecule is CCCc1nn(-c2ccccc2)c2c1[C@H](c1ccc(Cl)cc1Cl)C(C#N)=C(N)O2. The number of halogens is 2. The number of para-hydroxylation sites is 1. The van der Waals surface area contributed by atoms with Crippen LogP contribution in [-0.2, 0) is 6.42 Å². The Balaban J connectivity index is 2.01. The van der Waals surface area contributed by atoms with E-state index in [0.717, 1.165) is 35.3 Å². The van der Waals surface area contributed by atoms with E-state index in [2.05, 4.69) is 13.0 Å². The second-order valence-corrected chi connectivity index (χ2v) is 7.60. The van der Waals surface area contributed by atoms with E-state index in [1.165, 1.54) is 0 Å². The summed E-state index contributed by atoms with van der Waals surface area (Å²) in [6, 6.07) is 17.1. The van der Waals surface area contributed by atoms with Crippen LogP contribution in [0.5, 0.6) is 5.88 Å². The molecule has 1 aromatic heterocycles. The fraction of sp³-hybridized carbons (Fsp3) is 0.182. The number of aromatic nitrogens is 2. The van der Waals surface area contributed by atoms with E-state index in [4.69, 9.17) is 38.8 Å². The van der Waals surface area contributed by atoms with Gasteiger partial charge in [0.15, 0.2) is 0 Å². The molecule has 0 saturated heterocycles. The maximum Gasteiger partial charge on any atom is 0.229 e. The molecule has 0 unspecified atom stereocenters. The fourth-order valence-electron chi connectivity index (χ4n) is 3.62. The minimum absolute atomic E-state index is 0.0520. The van der Waals surface area contributed by atoms with E-state index in [1.807, 2.05) is 36.4 Å². The lowest BCUT2D eigenvalue weighted by molar-refractivity contribution is 0.367. The number of nitriles is 1. The molecule has 0 radical (unpaired) electrons. The minimum Gasteiger partial charge on any atom is -0.422 e. The topological polar surface area (TPSA) is 76.9 Å². The number of hydrogen-bond donors (Lipinski definition) is 1. The molecule has 3 aromatic rings. The smallest absolute Gasteiger partial charge is 0.229 e. The molecule has 5 nitrogen and oxygen atoms in total. The van der Waals surface area contributed by atoms with Crippen LogP contribution in [-0.4, -0.2) is 9.78 Å². The van der Waals surface area contributed by atoms with Gasteiger partial charge >= 0.3 is 0 Å². The lowest BCUT2D eigenvalue weighted by Gasteiger charge is -2.26. The molecule has 7 heteroatoms. The van der Waals surface area contributed by atoms with Crippen LogP contribution in [0.1, 0.15) is 36.1 Å². The van der Waals surface area contributed by atoms with Crippen LogP contribution in [0.4, 0.5) is 0 Å². The number of fused-ring (bicyclic) bond motifs is 1. The van der Waals surface area contributed by atoms with Gasteiger partial charge in [0.05, 0.1) is 22.9 Å². The summed E-state index contributed by atoms with van der Waals surface area (Å²) >= 11 is 12.6. The quantitative estimate of drug-likeness (QED) is 0.611. The zero-order valence-corrected chi connectivity index (χ0v) is 17.2. The summed E-state index contributed by atoms with van der Waals surface area (Å²) in [5, 5.41) is 15.6. The Morgan fingerprint density at radius 1 is 1.21 bits per heavy atom. The summed E-state index contributed by atoms with van der Waals surface area (Å²) in [4.78, 5) is 0. The van der Waals surface area contributed by atoms with Gasteiger partial charge in [-0.3, -0.25) is 0 Å². The minimum atomic E-state index is -0.479. The monoisotopic (exact) mass is 424 g/mol. The first-order valence-corrected chi connectivity index (χ1v) is 10.0. The number of nitrogens with two attached hydrogens (primary N) is 1. The van der Waals surface area contributed by atoms with Crippen molar-refractivity contribution in [2.45, 2.75) is 25.7 Å². The highest BCUT2D eigenvalue weighted by molar-refractivity contribution is 6.35. The average molecular weight is 425 g/mol. The highest BCUT2D eigenvalue weighted by Gasteiger charge is 2.37. The first-order valence-electron chi connectivity index (χ1n) is 9.24. The number of hydrogen-bond acceptors (Lipinski definition) is 4. The number of benzene rings is 2. The van der Waals surface area contributed by atoms with Crippen molar-refractivity contribution >= 4 is 23.2 Å². The Morgan fingerprint density at radius 3 is 2.62 bits per heavy atom. The Kier molecular flexibility index (Phi) is 5.23. The number of allylic oxidation sites excluding steroid dienone is 1. The largest absolute Gasteiger partial charge is 0.422 e. The maximum absolute atomic E-state index is 9.84. The molecular formula is C22H18Cl2N4O. The summed E-state index contributed by atoms with van der Waals surface area (Å²) in [6.45, 7) is 2.08. The molecule has 29 heavy (non-hydrogen) atoms. The van der Waals surface area contributed by atoms with Crippen molar-refractivity contribution in [3.05, 3.63) is 86.9 Å². The lowest BCUT2D eigenvalue weighted by atomic mass is 9.83. The molecular weight excluding hydrogens is 407 g/mol. The van der Waals surface area contributed by atoms with Gasteiger partial charge in [0, 0.05) is 10.0 Å². The van der Waals surface area contributed by atoms with Crippen LogP contribution in [0.15, 0.2) is 60.0 Å². The van der Waals surface area contributed by atoms with Crippen LogP contribution in [0, 0.1) is 11.3 Å². The zero-order valence-electron chi connectivity index (χ0n) is 15.7. The van der Waals surface area contributed by atoms with Crippen LogP contribution in [0.3, 0.4) is 0 Å². The number of aryl methyl sites for hydroxylation is 1. The van der Waals surface area contributed by atoms with Gasteiger partial charge in [-0.15, -0.1) is 0 Å². The van der Waals surface area contributed by atoms with Gasteiger partial charge in [-0.2, -0.15) is 10.4 Å². The standard InChI is InChI=1S/C22H18Cl2N4O/c1-2-6-18-20-19(15-10-9-13(23)11-17(15)24)16(12-25)21(26)29-22(20)28(27-18)14-7-4-3-5-8-14/h3-5,7-11,19H,2,6,26H2,1H3/t19-/m1/s1. The van der Waals surface area contributed by atoms with E-state index in [-0.39, 0.29) is 5.88 Å². The second kappa shape index (κ2) is 7.82. The molecule has 1 aliphatic rings. The summed E-state index contributed by atoms with van der Waals surface area (Å²) < 4.78 is 7.66. The lowest BCUT2D eigenvalue weighted by Crippen LogP contribution is -2.22. The molecule has 4 rings (SSSR count). The van der Waals surface area contributed by atoms with Crippen molar-refractivity contribution in [2.75, 3.05) is 0 Å². The summed E-state index contributed by atoms with van der Waals surface area (Å²) in [5.41, 5.74) is 9.73. The van der Waals surface area contributed by atoms with Gasteiger partial charge in [-0.25, -0.2) is 4.68 Å². The Hall–Kier alpha value is -2.94. The van der Waals surface area contributed by atoms with E-state index >= 15 is 0 Å². The van der Waals surface area contributed by atoms with Crippen molar-refractivity contribution in [2.24, 2.45) is 5.73 Å². The van der Waals surface area contributed by atoms with Gasteiger partial charge in [0.2, 0.25) is 11.8 Å². The molecule has 0 spiro atoms. The Bertz CT molecular complexity index is 1150. The Morgan fingerprint density at radius 2 is 1.97 bits per heavy atom. The molecule has 0 amide bonds.